The van der Waals surface area contributed by atoms with Gasteiger partial charge in [-0.1, -0.05) is 15.9 Å². The molecule has 16 heavy (non-hydrogen) atoms. The molecule has 1 aliphatic rings. The zero-order valence-electron chi connectivity index (χ0n) is 9.76. The normalized spacial score (nSPS) is 24.8. The lowest BCUT2D eigenvalue weighted by atomic mass is 10.1. The molecule has 2 nitrogen and oxygen atoms in total. The molecule has 2 N–H and O–H groups in total. The number of rotatable bonds is 2. The Hall–Kier alpha value is -0.540. The molecule has 0 spiro atoms. The summed E-state index contributed by atoms with van der Waals surface area (Å²) in [6.07, 6.45) is 2.92. The molecule has 0 aliphatic heterocycles. The maximum atomic E-state index is 9.77. The fourth-order valence-electron chi connectivity index (χ4n) is 2.35. The molecule has 0 heterocycles. The Morgan fingerprint density at radius 2 is 1.88 bits per heavy atom. The summed E-state index contributed by atoms with van der Waals surface area (Å²) in [6, 6.07) is 4.48. The van der Waals surface area contributed by atoms with Gasteiger partial charge < -0.3 is 10.4 Å². The van der Waals surface area contributed by atoms with Crippen molar-refractivity contribution in [3.8, 4) is 0 Å². The first-order chi connectivity index (χ1) is 7.58. The molecular weight excluding hydrogens is 266 g/mol. The zero-order valence-corrected chi connectivity index (χ0v) is 11.3. The van der Waals surface area contributed by atoms with E-state index in [0.717, 1.165) is 24.9 Å². The van der Waals surface area contributed by atoms with Gasteiger partial charge in [-0.15, -0.1) is 0 Å². The lowest BCUT2D eigenvalue weighted by molar-refractivity contribution is 0.172. The largest absolute Gasteiger partial charge is 0.391 e. The molecule has 2 rings (SSSR count). The molecule has 0 amide bonds. The average Bonchev–Trinajstić information content (AvgIpc) is 2.61. The van der Waals surface area contributed by atoms with Crippen LogP contribution in [0.5, 0.6) is 0 Å². The summed E-state index contributed by atoms with van der Waals surface area (Å²) >= 11 is 3.56. The van der Waals surface area contributed by atoms with Gasteiger partial charge in [0, 0.05) is 10.2 Å². The van der Waals surface area contributed by atoms with Gasteiger partial charge in [-0.05, 0) is 56.4 Å². The minimum atomic E-state index is -0.191. The standard InChI is InChI=1S/C13H18BrNO/c1-8-6-10(7-9(2)13(8)14)15-11-4-3-5-12(11)16/h6-7,11-12,15-16H,3-5H2,1-2H3. The van der Waals surface area contributed by atoms with Crippen molar-refractivity contribution in [3.05, 3.63) is 27.7 Å². The number of aryl methyl sites for hydroxylation is 2. The average molecular weight is 284 g/mol. The van der Waals surface area contributed by atoms with Crippen LogP contribution in [0, 0.1) is 13.8 Å². The van der Waals surface area contributed by atoms with Crippen LogP contribution in [0.2, 0.25) is 0 Å². The molecule has 0 saturated heterocycles. The summed E-state index contributed by atoms with van der Waals surface area (Å²) in [5, 5.41) is 13.2. The van der Waals surface area contributed by atoms with E-state index in [0.29, 0.717) is 0 Å². The van der Waals surface area contributed by atoms with Crippen LogP contribution in [0.1, 0.15) is 30.4 Å². The van der Waals surface area contributed by atoms with E-state index in [1.807, 2.05) is 0 Å². The predicted octanol–water partition coefficient (Wildman–Crippen LogP) is 3.39. The van der Waals surface area contributed by atoms with Crippen LogP contribution in [0.15, 0.2) is 16.6 Å². The summed E-state index contributed by atoms with van der Waals surface area (Å²) in [5.74, 6) is 0. The fourth-order valence-corrected chi connectivity index (χ4v) is 2.58. The summed E-state index contributed by atoms with van der Waals surface area (Å²) in [6.45, 7) is 4.18. The molecule has 3 heteroatoms. The Kier molecular flexibility index (Phi) is 3.55. The molecule has 2 unspecified atom stereocenters. The SMILES string of the molecule is Cc1cc(NC2CCCC2O)cc(C)c1Br. The van der Waals surface area contributed by atoms with Crippen molar-refractivity contribution in [3.63, 3.8) is 0 Å². The fraction of sp³-hybridized carbons (Fsp3) is 0.538. The second kappa shape index (κ2) is 4.76. The van der Waals surface area contributed by atoms with E-state index in [1.54, 1.807) is 0 Å². The molecule has 1 aromatic carbocycles. The molecule has 1 aromatic rings. The highest BCUT2D eigenvalue weighted by Crippen LogP contribution is 2.28. The monoisotopic (exact) mass is 283 g/mol. The molecule has 88 valence electrons. The molecule has 1 aliphatic carbocycles. The van der Waals surface area contributed by atoms with Gasteiger partial charge in [-0.3, -0.25) is 0 Å². The molecule has 0 bridgehead atoms. The molecule has 0 radical (unpaired) electrons. The number of benzene rings is 1. The first-order valence-electron chi connectivity index (χ1n) is 5.79. The highest BCUT2D eigenvalue weighted by atomic mass is 79.9. The lowest BCUT2D eigenvalue weighted by Crippen LogP contribution is -2.27. The third-order valence-corrected chi connectivity index (χ3v) is 4.52. The predicted molar refractivity (Wildman–Crippen MR) is 70.9 cm³/mol. The van der Waals surface area contributed by atoms with Gasteiger partial charge >= 0.3 is 0 Å². The van der Waals surface area contributed by atoms with Gasteiger partial charge in [-0.25, -0.2) is 0 Å². The zero-order chi connectivity index (χ0) is 11.7. The maximum absolute atomic E-state index is 9.77. The van der Waals surface area contributed by atoms with Crippen molar-refractivity contribution in [2.45, 2.75) is 45.3 Å². The van der Waals surface area contributed by atoms with Gasteiger partial charge in [0.1, 0.15) is 0 Å². The van der Waals surface area contributed by atoms with Crippen molar-refractivity contribution < 1.29 is 5.11 Å². The number of anilines is 1. The van der Waals surface area contributed by atoms with Gasteiger partial charge in [0.2, 0.25) is 0 Å². The van der Waals surface area contributed by atoms with E-state index >= 15 is 0 Å². The highest BCUT2D eigenvalue weighted by molar-refractivity contribution is 9.10. The van der Waals surface area contributed by atoms with Crippen molar-refractivity contribution in [2.24, 2.45) is 0 Å². The molecule has 2 atom stereocenters. The van der Waals surface area contributed by atoms with Gasteiger partial charge in [-0.2, -0.15) is 0 Å². The third-order valence-electron chi connectivity index (χ3n) is 3.27. The lowest BCUT2D eigenvalue weighted by Gasteiger charge is -2.19. The molecule has 1 fully saturated rings. The Balaban J connectivity index is 2.15. The van der Waals surface area contributed by atoms with Crippen LogP contribution in [-0.2, 0) is 0 Å². The number of aliphatic hydroxyl groups is 1. The van der Waals surface area contributed by atoms with Crippen LogP contribution in [0.4, 0.5) is 5.69 Å². The van der Waals surface area contributed by atoms with Crippen LogP contribution in [0.25, 0.3) is 0 Å². The van der Waals surface area contributed by atoms with E-state index in [4.69, 9.17) is 0 Å². The van der Waals surface area contributed by atoms with Crippen molar-refractivity contribution in [1.82, 2.24) is 0 Å². The smallest absolute Gasteiger partial charge is 0.0741 e. The van der Waals surface area contributed by atoms with Crippen LogP contribution >= 0.6 is 15.9 Å². The molecular formula is C13H18BrNO. The first kappa shape index (κ1) is 11.9. The van der Waals surface area contributed by atoms with Crippen LogP contribution in [-0.4, -0.2) is 17.3 Å². The number of aliphatic hydroxyl groups excluding tert-OH is 1. The number of hydrogen-bond donors (Lipinski definition) is 2. The second-order valence-electron chi connectivity index (χ2n) is 4.67. The Morgan fingerprint density at radius 1 is 1.25 bits per heavy atom. The second-order valence-corrected chi connectivity index (χ2v) is 5.47. The van der Waals surface area contributed by atoms with E-state index < -0.39 is 0 Å². The van der Waals surface area contributed by atoms with E-state index in [2.05, 4.69) is 47.2 Å². The molecule has 0 aromatic heterocycles. The number of hydrogen-bond acceptors (Lipinski definition) is 2. The number of nitrogens with one attached hydrogen (secondary N) is 1. The van der Waals surface area contributed by atoms with E-state index in [-0.39, 0.29) is 12.1 Å². The minimum absolute atomic E-state index is 0.191. The summed E-state index contributed by atoms with van der Waals surface area (Å²) in [5.41, 5.74) is 3.58. The Morgan fingerprint density at radius 3 is 2.38 bits per heavy atom. The van der Waals surface area contributed by atoms with Gasteiger partial charge in [0.25, 0.3) is 0 Å². The van der Waals surface area contributed by atoms with E-state index in [9.17, 15) is 5.11 Å². The summed E-state index contributed by atoms with van der Waals surface area (Å²) in [4.78, 5) is 0. The van der Waals surface area contributed by atoms with Gasteiger partial charge in [0.15, 0.2) is 0 Å². The van der Waals surface area contributed by atoms with Crippen molar-refractivity contribution in [1.29, 1.82) is 0 Å². The Bertz CT molecular complexity index is 369. The van der Waals surface area contributed by atoms with Crippen LogP contribution < -0.4 is 5.32 Å². The van der Waals surface area contributed by atoms with Gasteiger partial charge in [0.05, 0.1) is 12.1 Å². The van der Waals surface area contributed by atoms with Crippen LogP contribution in [0.3, 0.4) is 0 Å². The van der Waals surface area contributed by atoms with Crippen molar-refractivity contribution >= 4 is 21.6 Å². The third kappa shape index (κ3) is 2.41. The topological polar surface area (TPSA) is 32.3 Å². The summed E-state index contributed by atoms with van der Waals surface area (Å²) < 4.78 is 1.17. The number of halogens is 1. The minimum Gasteiger partial charge on any atom is -0.391 e. The molecule has 1 saturated carbocycles. The Labute approximate surface area is 105 Å². The van der Waals surface area contributed by atoms with Crippen molar-refractivity contribution in [2.75, 3.05) is 5.32 Å². The van der Waals surface area contributed by atoms with E-state index in [1.165, 1.54) is 15.6 Å². The first-order valence-corrected chi connectivity index (χ1v) is 6.58. The summed E-state index contributed by atoms with van der Waals surface area (Å²) in [7, 11) is 0. The maximum Gasteiger partial charge on any atom is 0.0741 e. The quantitative estimate of drug-likeness (QED) is 0.872. The highest BCUT2D eigenvalue weighted by Gasteiger charge is 2.24.